The zero-order chi connectivity index (χ0) is 23.5. The first-order valence-electron chi connectivity index (χ1n) is 11.9. The number of aromatic nitrogens is 2. The van der Waals surface area contributed by atoms with Gasteiger partial charge in [0.05, 0.1) is 10.8 Å². The maximum Gasteiger partial charge on any atom is 0.272 e. The smallest absolute Gasteiger partial charge is 0.272 e. The monoisotopic (exact) mass is 460 g/mol. The van der Waals surface area contributed by atoms with E-state index in [-0.39, 0.29) is 29.9 Å². The molecule has 0 radical (unpaired) electrons. The molecule has 2 fully saturated rings. The zero-order valence-electron chi connectivity index (χ0n) is 19.0. The maximum absolute atomic E-state index is 13.1. The van der Waals surface area contributed by atoms with E-state index < -0.39 is 0 Å². The first-order chi connectivity index (χ1) is 16.6. The lowest BCUT2D eigenvalue weighted by atomic mass is 10.1. The van der Waals surface area contributed by atoms with E-state index in [4.69, 9.17) is 4.74 Å². The van der Waals surface area contributed by atoms with E-state index in [1.165, 1.54) is 0 Å². The average Bonchev–Trinajstić information content (AvgIpc) is 3.43. The minimum Gasteiger partial charge on any atom is -0.471 e. The quantitative estimate of drug-likeness (QED) is 0.632. The van der Waals surface area contributed by atoms with Crippen molar-refractivity contribution in [2.45, 2.75) is 32.3 Å². The third-order valence-corrected chi connectivity index (χ3v) is 6.79. The third kappa shape index (κ3) is 4.53. The van der Waals surface area contributed by atoms with Crippen molar-refractivity contribution in [3.63, 3.8) is 0 Å². The largest absolute Gasteiger partial charge is 0.471 e. The highest BCUT2D eigenvalue weighted by atomic mass is 16.5. The number of carbonyl (C=O) groups excluding carboxylic acids is 2. The number of aromatic amines is 1. The van der Waals surface area contributed by atoms with Gasteiger partial charge in [0.25, 0.3) is 11.5 Å². The fourth-order valence-electron chi connectivity index (χ4n) is 4.89. The SMILES string of the molecule is O=C(c1cccc(COc2n[nH]c(=O)c3ccccc23)c1)N1CCN(C(=O)C2CCCC2)CC1. The number of amides is 2. The van der Waals surface area contributed by atoms with Gasteiger partial charge in [0.15, 0.2) is 0 Å². The number of carbonyl (C=O) groups is 2. The molecular weight excluding hydrogens is 432 g/mol. The lowest BCUT2D eigenvalue weighted by molar-refractivity contribution is -0.136. The second-order valence-corrected chi connectivity index (χ2v) is 8.99. The number of benzene rings is 2. The molecule has 8 heteroatoms. The van der Waals surface area contributed by atoms with Crippen molar-refractivity contribution in [3.05, 3.63) is 70.0 Å². The minimum atomic E-state index is -0.263. The summed E-state index contributed by atoms with van der Waals surface area (Å²) < 4.78 is 5.88. The second-order valence-electron chi connectivity index (χ2n) is 8.99. The Labute approximate surface area is 197 Å². The van der Waals surface area contributed by atoms with Crippen LogP contribution in [0.5, 0.6) is 5.88 Å². The van der Waals surface area contributed by atoms with Crippen LogP contribution >= 0.6 is 0 Å². The molecular formula is C26H28N4O4. The Morgan fingerprint density at radius 3 is 2.41 bits per heavy atom. The third-order valence-electron chi connectivity index (χ3n) is 6.79. The normalized spacial score (nSPS) is 16.7. The molecule has 1 saturated heterocycles. The molecule has 3 aromatic rings. The fourth-order valence-corrected chi connectivity index (χ4v) is 4.89. The van der Waals surface area contributed by atoms with Gasteiger partial charge in [-0.1, -0.05) is 37.1 Å². The van der Waals surface area contributed by atoms with Gasteiger partial charge in [0, 0.05) is 37.7 Å². The molecule has 0 bridgehead atoms. The van der Waals surface area contributed by atoms with Gasteiger partial charge >= 0.3 is 0 Å². The van der Waals surface area contributed by atoms with Crippen molar-refractivity contribution in [2.24, 2.45) is 5.92 Å². The van der Waals surface area contributed by atoms with Crippen LogP contribution in [0.2, 0.25) is 0 Å². The summed E-state index contributed by atoms with van der Waals surface area (Å²) in [6, 6.07) is 14.5. The highest BCUT2D eigenvalue weighted by Gasteiger charge is 2.30. The van der Waals surface area contributed by atoms with Crippen molar-refractivity contribution in [2.75, 3.05) is 26.2 Å². The number of hydrogen-bond donors (Lipinski definition) is 1. The van der Waals surface area contributed by atoms with Crippen LogP contribution < -0.4 is 10.3 Å². The first-order valence-corrected chi connectivity index (χ1v) is 11.9. The van der Waals surface area contributed by atoms with Crippen molar-refractivity contribution >= 4 is 22.6 Å². The molecule has 1 aromatic heterocycles. The van der Waals surface area contributed by atoms with Gasteiger partial charge in [-0.25, -0.2) is 5.10 Å². The molecule has 176 valence electrons. The van der Waals surface area contributed by atoms with Crippen molar-refractivity contribution in [1.29, 1.82) is 0 Å². The van der Waals surface area contributed by atoms with Crippen LogP contribution in [-0.4, -0.2) is 58.0 Å². The molecule has 0 spiro atoms. The van der Waals surface area contributed by atoms with Crippen LogP contribution in [0.15, 0.2) is 53.3 Å². The van der Waals surface area contributed by atoms with E-state index >= 15 is 0 Å². The molecule has 1 N–H and O–H groups in total. The molecule has 1 aliphatic heterocycles. The van der Waals surface area contributed by atoms with Gasteiger partial charge in [-0.2, -0.15) is 0 Å². The van der Waals surface area contributed by atoms with E-state index in [0.29, 0.717) is 48.4 Å². The number of hydrogen-bond acceptors (Lipinski definition) is 5. The molecule has 0 unspecified atom stereocenters. The van der Waals surface area contributed by atoms with E-state index in [0.717, 1.165) is 31.2 Å². The van der Waals surface area contributed by atoms with Gasteiger partial charge in [-0.05, 0) is 42.7 Å². The van der Waals surface area contributed by atoms with Crippen LogP contribution in [-0.2, 0) is 11.4 Å². The molecule has 2 heterocycles. The number of piperazine rings is 1. The van der Waals surface area contributed by atoms with Crippen LogP contribution in [0.1, 0.15) is 41.6 Å². The molecule has 2 aliphatic rings. The summed E-state index contributed by atoms with van der Waals surface area (Å²) in [7, 11) is 0. The predicted molar refractivity (Wildman–Crippen MR) is 128 cm³/mol. The van der Waals surface area contributed by atoms with Crippen LogP contribution in [0.3, 0.4) is 0 Å². The van der Waals surface area contributed by atoms with Gasteiger partial charge in [-0.3, -0.25) is 14.4 Å². The molecule has 2 amide bonds. The molecule has 8 nitrogen and oxygen atoms in total. The fraction of sp³-hybridized carbons (Fsp3) is 0.385. The van der Waals surface area contributed by atoms with Crippen LogP contribution in [0.4, 0.5) is 0 Å². The van der Waals surface area contributed by atoms with Crippen molar-refractivity contribution < 1.29 is 14.3 Å². The standard InChI is InChI=1S/C26H28N4O4/c31-23-21-10-3-4-11-22(21)24(28-27-23)34-17-18-6-5-9-20(16-18)26(33)30-14-12-29(13-15-30)25(32)19-7-1-2-8-19/h3-6,9-11,16,19H,1-2,7-8,12-15,17H2,(H,27,31). The Morgan fingerprint density at radius 1 is 0.941 bits per heavy atom. The number of nitrogens with one attached hydrogen (secondary N) is 1. The molecule has 0 atom stereocenters. The van der Waals surface area contributed by atoms with E-state index in [1.807, 2.05) is 34.1 Å². The van der Waals surface area contributed by atoms with E-state index in [2.05, 4.69) is 10.2 Å². The zero-order valence-corrected chi connectivity index (χ0v) is 19.0. The van der Waals surface area contributed by atoms with Crippen molar-refractivity contribution in [3.8, 4) is 5.88 Å². The Balaban J connectivity index is 1.21. The second kappa shape index (κ2) is 9.67. The van der Waals surface area contributed by atoms with Gasteiger partial charge in [-0.15, -0.1) is 5.10 Å². The summed E-state index contributed by atoms with van der Waals surface area (Å²) in [5.74, 6) is 0.734. The van der Waals surface area contributed by atoms with Gasteiger partial charge in [0.1, 0.15) is 6.61 Å². The highest BCUT2D eigenvalue weighted by Crippen LogP contribution is 2.27. The summed E-state index contributed by atoms with van der Waals surface area (Å²) in [6.07, 6.45) is 4.28. The van der Waals surface area contributed by atoms with Crippen LogP contribution in [0, 0.1) is 5.92 Å². The summed E-state index contributed by atoms with van der Waals surface area (Å²) in [4.78, 5) is 41.5. The summed E-state index contributed by atoms with van der Waals surface area (Å²) >= 11 is 0. The van der Waals surface area contributed by atoms with Crippen molar-refractivity contribution in [1.82, 2.24) is 20.0 Å². The molecule has 1 aliphatic carbocycles. The number of nitrogens with zero attached hydrogens (tertiary/aromatic N) is 3. The van der Waals surface area contributed by atoms with Gasteiger partial charge in [0.2, 0.25) is 11.8 Å². The van der Waals surface area contributed by atoms with E-state index in [1.54, 1.807) is 24.3 Å². The van der Waals surface area contributed by atoms with Gasteiger partial charge < -0.3 is 14.5 Å². The lowest BCUT2D eigenvalue weighted by Gasteiger charge is -2.36. The Kier molecular flexibility index (Phi) is 6.29. The molecule has 2 aromatic carbocycles. The number of H-pyrrole nitrogens is 1. The maximum atomic E-state index is 13.1. The first kappa shape index (κ1) is 22.1. The Bertz CT molecular complexity index is 1260. The lowest BCUT2D eigenvalue weighted by Crippen LogP contribution is -2.51. The minimum absolute atomic E-state index is 0.0394. The topological polar surface area (TPSA) is 95.6 Å². The highest BCUT2D eigenvalue weighted by molar-refractivity contribution is 5.94. The number of fused-ring (bicyclic) bond motifs is 1. The molecule has 34 heavy (non-hydrogen) atoms. The average molecular weight is 461 g/mol. The number of rotatable bonds is 5. The summed E-state index contributed by atoms with van der Waals surface area (Å²) in [6.45, 7) is 2.49. The summed E-state index contributed by atoms with van der Waals surface area (Å²) in [5, 5.41) is 7.65. The number of ether oxygens (including phenoxy) is 1. The Hall–Kier alpha value is -3.68. The molecule has 5 rings (SSSR count). The summed E-state index contributed by atoms with van der Waals surface area (Å²) in [5.41, 5.74) is 1.16. The molecule has 1 saturated carbocycles. The Morgan fingerprint density at radius 2 is 1.65 bits per heavy atom. The predicted octanol–water partition coefficient (Wildman–Crippen LogP) is 2.98. The van der Waals surface area contributed by atoms with Crippen LogP contribution in [0.25, 0.3) is 10.8 Å². The van der Waals surface area contributed by atoms with E-state index in [9.17, 15) is 14.4 Å².